The van der Waals surface area contributed by atoms with Gasteiger partial charge in [-0.05, 0) is 25.2 Å². The highest BCUT2D eigenvalue weighted by Gasteiger charge is 2.31. The van der Waals surface area contributed by atoms with Crippen molar-refractivity contribution in [3.63, 3.8) is 0 Å². The maximum atomic E-state index is 11.9. The van der Waals surface area contributed by atoms with Gasteiger partial charge in [0.1, 0.15) is 0 Å². The lowest BCUT2D eigenvalue weighted by atomic mass is 9.85. The third-order valence-electron chi connectivity index (χ3n) is 3.54. The van der Waals surface area contributed by atoms with Gasteiger partial charge in [0.05, 0.1) is 12.1 Å². The van der Waals surface area contributed by atoms with Crippen LogP contribution in [0, 0.1) is 5.92 Å². The zero-order valence-corrected chi connectivity index (χ0v) is 9.28. The number of hydrogen-bond acceptors (Lipinski definition) is 3. The molecular formula is C11H20N2O2. The predicted molar refractivity (Wildman–Crippen MR) is 57.4 cm³/mol. The smallest absolute Gasteiger partial charge is 0.239 e. The Hall–Kier alpha value is -0.610. The molecule has 1 aliphatic heterocycles. The van der Waals surface area contributed by atoms with Crippen molar-refractivity contribution in [2.24, 2.45) is 5.92 Å². The molecule has 2 fully saturated rings. The molecule has 1 amide bonds. The van der Waals surface area contributed by atoms with Gasteiger partial charge in [-0.15, -0.1) is 0 Å². The number of β-amino-alcohol motifs (C(OH)–C–C–N with tert-alkyl or cyclic N) is 1. The highest BCUT2D eigenvalue weighted by molar-refractivity contribution is 5.82. The van der Waals surface area contributed by atoms with Gasteiger partial charge in [0, 0.05) is 20.1 Å². The van der Waals surface area contributed by atoms with Crippen LogP contribution in [-0.4, -0.2) is 48.2 Å². The van der Waals surface area contributed by atoms with E-state index in [1.807, 2.05) is 11.9 Å². The molecule has 0 aromatic rings. The maximum absolute atomic E-state index is 11.9. The molecule has 1 saturated heterocycles. The lowest BCUT2D eigenvalue weighted by Crippen LogP contribution is -2.44. The van der Waals surface area contributed by atoms with E-state index in [4.69, 9.17) is 0 Å². The lowest BCUT2D eigenvalue weighted by Gasteiger charge is -2.31. The first-order valence-corrected chi connectivity index (χ1v) is 5.83. The van der Waals surface area contributed by atoms with Gasteiger partial charge in [-0.2, -0.15) is 0 Å². The van der Waals surface area contributed by atoms with Gasteiger partial charge in [0.15, 0.2) is 0 Å². The first kappa shape index (κ1) is 10.9. The molecule has 2 rings (SSSR count). The van der Waals surface area contributed by atoms with Gasteiger partial charge >= 0.3 is 0 Å². The Morgan fingerprint density at radius 3 is 2.73 bits per heavy atom. The van der Waals surface area contributed by atoms with E-state index in [-0.39, 0.29) is 18.1 Å². The molecule has 0 aromatic carbocycles. The number of nitrogens with one attached hydrogen (secondary N) is 1. The predicted octanol–water partition coefficient (Wildman–Crippen LogP) is -0.0323. The topological polar surface area (TPSA) is 52.6 Å². The van der Waals surface area contributed by atoms with Crippen molar-refractivity contribution in [2.75, 3.05) is 20.1 Å². The molecule has 0 radical (unpaired) electrons. The van der Waals surface area contributed by atoms with Crippen LogP contribution in [0.25, 0.3) is 0 Å². The summed E-state index contributed by atoms with van der Waals surface area (Å²) in [4.78, 5) is 13.7. The van der Waals surface area contributed by atoms with Crippen molar-refractivity contribution in [3.05, 3.63) is 0 Å². The normalized spacial score (nSPS) is 31.3. The Labute approximate surface area is 90.6 Å². The van der Waals surface area contributed by atoms with Crippen LogP contribution in [0.5, 0.6) is 0 Å². The molecule has 2 atom stereocenters. The third kappa shape index (κ3) is 2.49. The van der Waals surface area contributed by atoms with E-state index in [1.54, 1.807) is 0 Å². The standard InChI is InChI=1S/C11H20N2O2/c1-13(7-8-3-2-4-8)11(15)10-5-9(14)6-12-10/h8-10,12,14H,2-7H2,1H3/t9-,10-/m1/s1. The number of amides is 1. The maximum Gasteiger partial charge on any atom is 0.239 e. The van der Waals surface area contributed by atoms with Crippen LogP contribution >= 0.6 is 0 Å². The van der Waals surface area contributed by atoms with Gasteiger partial charge in [-0.25, -0.2) is 0 Å². The Balaban J connectivity index is 1.78. The number of aliphatic hydroxyl groups excluding tert-OH is 1. The van der Waals surface area contributed by atoms with Crippen molar-refractivity contribution < 1.29 is 9.90 Å². The molecule has 0 unspecified atom stereocenters. The van der Waals surface area contributed by atoms with Gasteiger partial charge in [-0.1, -0.05) is 6.42 Å². The molecule has 0 bridgehead atoms. The Bertz CT molecular complexity index is 241. The molecular weight excluding hydrogens is 192 g/mol. The van der Waals surface area contributed by atoms with E-state index < -0.39 is 0 Å². The molecule has 0 spiro atoms. The second-order valence-electron chi connectivity index (χ2n) is 4.87. The van der Waals surface area contributed by atoms with Gasteiger partial charge in [0.2, 0.25) is 5.91 Å². The molecule has 1 aliphatic carbocycles. The molecule has 1 heterocycles. The van der Waals surface area contributed by atoms with Crippen LogP contribution in [0.15, 0.2) is 0 Å². The van der Waals surface area contributed by atoms with E-state index in [9.17, 15) is 9.90 Å². The summed E-state index contributed by atoms with van der Waals surface area (Å²) in [5.74, 6) is 0.851. The average molecular weight is 212 g/mol. The van der Waals surface area contributed by atoms with Crippen LogP contribution in [0.4, 0.5) is 0 Å². The van der Waals surface area contributed by atoms with E-state index in [0.29, 0.717) is 18.9 Å². The summed E-state index contributed by atoms with van der Waals surface area (Å²) in [6, 6.07) is -0.162. The molecule has 86 valence electrons. The monoisotopic (exact) mass is 212 g/mol. The van der Waals surface area contributed by atoms with Crippen LogP contribution in [-0.2, 0) is 4.79 Å². The quantitative estimate of drug-likeness (QED) is 0.690. The fourth-order valence-electron chi connectivity index (χ4n) is 2.32. The lowest BCUT2D eigenvalue weighted by molar-refractivity contribution is -0.132. The van der Waals surface area contributed by atoms with Crippen molar-refractivity contribution in [3.8, 4) is 0 Å². The summed E-state index contributed by atoms with van der Waals surface area (Å²) in [5.41, 5.74) is 0. The average Bonchev–Trinajstić information content (AvgIpc) is 2.56. The molecule has 2 N–H and O–H groups in total. The largest absolute Gasteiger partial charge is 0.392 e. The number of nitrogens with zero attached hydrogens (tertiary/aromatic N) is 1. The molecule has 4 nitrogen and oxygen atoms in total. The summed E-state index contributed by atoms with van der Waals surface area (Å²) in [7, 11) is 1.87. The second kappa shape index (κ2) is 4.49. The van der Waals surface area contributed by atoms with Crippen LogP contribution in [0.3, 0.4) is 0 Å². The fraction of sp³-hybridized carbons (Fsp3) is 0.909. The summed E-state index contributed by atoms with van der Waals surface area (Å²) in [5, 5.41) is 12.4. The van der Waals surface area contributed by atoms with Gasteiger partial charge in [-0.3, -0.25) is 4.79 Å². The number of rotatable bonds is 3. The van der Waals surface area contributed by atoms with Gasteiger partial charge in [0.25, 0.3) is 0 Å². The summed E-state index contributed by atoms with van der Waals surface area (Å²) in [6.07, 6.45) is 4.05. The minimum absolute atomic E-state index is 0.137. The van der Waals surface area contributed by atoms with Crippen molar-refractivity contribution in [2.45, 2.75) is 37.8 Å². The first-order valence-electron chi connectivity index (χ1n) is 5.83. The van der Waals surface area contributed by atoms with Crippen molar-refractivity contribution >= 4 is 5.91 Å². The summed E-state index contributed by atoms with van der Waals surface area (Å²) < 4.78 is 0. The van der Waals surface area contributed by atoms with E-state index in [1.165, 1.54) is 19.3 Å². The molecule has 2 aliphatic rings. The highest BCUT2D eigenvalue weighted by Crippen LogP contribution is 2.27. The van der Waals surface area contributed by atoms with Crippen LogP contribution in [0.2, 0.25) is 0 Å². The third-order valence-corrected chi connectivity index (χ3v) is 3.54. The Morgan fingerprint density at radius 2 is 2.27 bits per heavy atom. The highest BCUT2D eigenvalue weighted by atomic mass is 16.3. The van der Waals surface area contributed by atoms with Crippen LogP contribution < -0.4 is 5.32 Å². The molecule has 0 aromatic heterocycles. The minimum Gasteiger partial charge on any atom is -0.392 e. The van der Waals surface area contributed by atoms with Crippen molar-refractivity contribution in [1.29, 1.82) is 0 Å². The Morgan fingerprint density at radius 1 is 1.53 bits per heavy atom. The number of hydrogen-bond donors (Lipinski definition) is 2. The van der Waals surface area contributed by atoms with Crippen LogP contribution in [0.1, 0.15) is 25.7 Å². The minimum atomic E-state index is -0.351. The van der Waals surface area contributed by atoms with E-state index in [0.717, 1.165) is 6.54 Å². The summed E-state index contributed by atoms with van der Waals surface area (Å²) >= 11 is 0. The summed E-state index contributed by atoms with van der Waals surface area (Å²) in [6.45, 7) is 1.43. The first-order chi connectivity index (χ1) is 7.16. The second-order valence-corrected chi connectivity index (χ2v) is 4.87. The van der Waals surface area contributed by atoms with E-state index in [2.05, 4.69) is 5.32 Å². The van der Waals surface area contributed by atoms with E-state index >= 15 is 0 Å². The zero-order chi connectivity index (χ0) is 10.8. The number of likely N-dealkylation sites (N-methyl/N-ethyl adjacent to an activating group) is 1. The number of carbonyl (C=O) groups excluding carboxylic acids is 1. The zero-order valence-electron chi connectivity index (χ0n) is 9.28. The SMILES string of the molecule is CN(CC1CCC1)C(=O)[C@H]1C[C@@H](O)CN1. The van der Waals surface area contributed by atoms with Gasteiger partial charge < -0.3 is 15.3 Å². The van der Waals surface area contributed by atoms with Crippen molar-refractivity contribution in [1.82, 2.24) is 10.2 Å². The molecule has 4 heteroatoms. The molecule has 15 heavy (non-hydrogen) atoms. The molecule has 1 saturated carbocycles. The number of carbonyl (C=O) groups is 1. The Kier molecular flexibility index (Phi) is 3.26. The fourth-order valence-corrected chi connectivity index (χ4v) is 2.32. The number of aliphatic hydroxyl groups is 1.